The summed E-state index contributed by atoms with van der Waals surface area (Å²) in [5, 5.41) is 0.0301. The predicted octanol–water partition coefficient (Wildman–Crippen LogP) is 0.865. The second-order valence-corrected chi connectivity index (χ2v) is 3.90. The van der Waals surface area contributed by atoms with Gasteiger partial charge in [0.05, 0.1) is 5.25 Å². The van der Waals surface area contributed by atoms with Crippen molar-refractivity contribution in [2.75, 3.05) is 7.05 Å². The van der Waals surface area contributed by atoms with Crippen molar-refractivity contribution >= 4 is 34.2 Å². The Bertz CT molecular complexity index is 168. The van der Waals surface area contributed by atoms with E-state index in [0.29, 0.717) is 4.32 Å². The highest BCUT2D eigenvalue weighted by Crippen LogP contribution is 2.24. The lowest BCUT2D eigenvalue weighted by Gasteiger charge is -2.04. The monoisotopic (exact) mass is 161 g/mol. The van der Waals surface area contributed by atoms with E-state index in [1.807, 2.05) is 6.92 Å². The molecule has 0 radical (unpaired) electrons. The van der Waals surface area contributed by atoms with E-state index >= 15 is 0 Å². The first-order chi connectivity index (χ1) is 4.13. The van der Waals surface area contributed by atoms with Gasteiger partial charge in [0.1, 0.15) is 4.32 Å². The largest absolute Gasteiger partial charge is 0.300 e. The first-order valence-corrected chi connectivity index (χ1v) is 3.90. The molecule has 0 aromatic rings. The highest BCUT2D eigenvalue weighted by atomic mass is 32.2. The minimum Gasteiger partial charge on any atom is -0.300 e. The highest BCUT2D eigenvalue weighted by molar-refractivity contribution is 8.24. The molecule has 1 aliphatic heterocycles. The summed E-state index contributed by atoms with van der Waals surface area (Å²) in [6.45, 7) is 1.86. The van der Waals surface area contributed by atoms with E-state index in [9.17, 15) is 4.79 Å². The highest BCUT2D eigenvalue weighted by Gasteiger charge is 2.30. The van der Waals surface area contributed by atoms with Crippen LogP contribution in [0, 0.1) is 0 Å². The third-order valence-electron chi connectivity index (χ3n) is 1.23. The molecule has 0 aliphatic carbocycles. The number of amides is 1. The topological polar surface area (TPSA) is 20.3 Å². The van der Waals surface area contributed by atoms with Crippen LogP contribution in [-0.2, 0) is 4.79 Å². The zero-order valence-corrected chi connectivity index (χ0v) is 6.88. The van der Waals surface area contributed by atoms with Gasteiger partial charge in [0.25, 0.3) is 0 Å². The van der Waals surface area contributed by atoms with Crippen molar-refractivity contribution in [2.24, 2.45) is 0 Å². The number of rotatable bonds is 0. The van der Waals surface area contributed by atoms with Gasteiger partial charge in [0, 0.05) is 7.05 Å². The fourth-order valence-corrected chi connectivity index (χ4v) is 1.98. The second kappa shape index (κ2) is 2.27. The van der Waals surface area contributed by atoms with E-state index in [4.69, 9.17) is 12.2 Å². The molecule has 1 aliphatic rings. The number of carbonyl (C=O) groups excluding carboxylic acids is 1. The van der Waals surface area contributed by atoms with E-state index in [-0.39, 0.29) is 11.2 Å². The molecule has 0 aromatic carbocycles. The Morgan fingerprint density at radius 2 is 2.33 bits per heavy atom. The number of hydrogen-bond acceptors (Lipinski definition) is 3. The molecule has 1 atom stereocenters. The molecule has 1 rings (SSSR count). The molecule has 1 amide bonds. The van der Waals surface area contributed by atoms with Crippen LogP contribution in [0.2, 0.25) is 0 Å². The van der Waals surface area contributed by atoms with Gasteiger partial charge in [0.15, 0.2) is 0 Å². The van der Waals surface area contributed by atoms with Crippen molar-refractivity contribution in [1.29, 1.82) is 0 Å². The third kappa shape index (κ3) is 1.09. The van der Waals surface area contributed by atoms with E-state index in [2.05, 4.69) is 0 Å². The van der Waals surface area contributed by atoms with Gasteiger partial charge < -0.3 is 0 Å². The van der Waals surface area contributed by atoms with E-state index in [0.717, 1.165) is 0 Å². The molecule has 50 valence electrons. The molecule has 2 nitrogen and oxygen atoms in total. The first kappa shape index (κ1) is 7.02. The summed E-state index contributed by atoms with van der Waals surface area (Å²) < 4.78 is 0.688. The average molecular weight is 161 g/mol. The van der Waals surface area contributed by atoms with E-state index in [1.54, 1.807) is 7.05 Å². The van der Waals surface area contributed by atoms with Gasteiger partial charge in [0.2, 0.25) is 5.91 Å². The van der Waals surface area contributed by atoms with Gasteiger partial charge in [-0.25, -0.2) is 0 Å². The number of hydrogen-bond donors (Lipinski definition) is 0. The molecule has 0 bridgehead atoms. The van der Waals surface area contributed by atoms with Crippen molar-refractivity contribution in [3.05, 3.63) is 0 Å². The van der Waals surface area contributed by atoms with Crippen LogP contribution < -0.4 is 0 Å². The van der Waals surface area contributed by atoms with Gasteiger partial charge in [-0.05, 0) is 6.92 Å². The quantitative estimate of drug-likeness (QED) is 0.492. The van der Waals surface area contributed by atoms with Crippen LogP contribution in [0.15, 0.2) is 0 Å². The van der Waals surface area contributed by atoms with Crippen molar-refractivity contribution < 1.29 is 4.79 Å². The molecule has 0 aromatic heterocycles. The first-order valence-electron chi connectivity index (χ1n) is 2.61. The maximum absolute atomic E-state index is 10.9. The van der Waals surface area contributed by atoms with Crippen molar-refractivity contribution in [1.82, 2.24) is 4.90 Å². The van der Waals surface area contributed by atoms with Crippen molar-refractivity contribution in [3.8, 4) is 0 Å². The lowest BCUT2D eigenvalue weighted by atomic mass is 10.4. The SMILES string of the molecule is CC1SC(=S)N(C)C1=O. The average Bonchev–Trinajstić information content (AvgIpc) is 1.98. The van der Waals surface area contributed by atoms with Crippen LogP contribution >= 0.6 is 24.0 Å². The van der Waals surface area contributed by atoms with Gasteiger partial charge in [-0.15, -0.1) is 0 Å². The van der Waals surface area contributed by atoms with Crippen molar-refractivity contribution in [3.63, 3.8) is 0 Å². The Labute approximate surface area is 63.6 Å². The number of nitrogens with zero attached hydrogens (tertiary/aromatic N) is 1. The molecule has 4 heteroatoms. The lowest BCUT2D eigenvalue weighted by Crippen LogP contribution is -2.25. The zero-order chi connectivity index (χ0) is 7.02. The molecule has 0 spiro atoms. The summed E-state index contributed by atoms with van der Waals surface area (Å²) in [5.74, 6) is 0.116. The number of thioether (sulfide) groups is 1. The molecular formula is C5H7NOS2. The maximum Gasteiger partial charge on any atom is 0.241 e. The van der Waals surface area contributed by atoms with Crippen LogP contribution in [0.25, 0.3) is 0 Å². The molecule has 1 heterocycles. The van der Waals surface area contributed by atoms with Gasteiger partial charge >= 0.3 is 0 Å². The molecule has 0 N–H and O–H groups in total. The Morgan fingerprint density at radius 1 is 1.78 bits per heavy atom. The normalized spacial score (nSPS) is 27.8. The van der Waals surface area contributed by atoms with E-state index in [1.165, 1.54) is 16.7 Å². The lowest BCUT2D eigenvalue weighted by molar-refractivity contribution is -0.124. The Hall–Kier alpha value is -0.0900. The third-order valence-corrected chi connectivity index (χ3v) is 2.82. The van der Waals surface area contributed by atoms with E-state index < -0.39 is 0 Å². The maximum atomic E-state index is 10.9. The van der Waals surface area contributed by atoms with Crippen LogP contribution in [0.1, 0.15) is 6.92 Å². The van der Waals surface area contributed by atoms with Crippen molar-refractivity contribution in [2.45, 2.75) is 12.2 Å². The minimum atomic E-state index is 0.0301. The zero-order valence-electron chi connectivity index (χ0n) is 5.25. The Balaban J connectivity index is 2.77. The number of thiocarbonyl (C=S) groups is 1. The number of carbonyl (C=O) groups is 1. The summed E-state index contributed by atoms with van der Waals surface area (Å²) in [6, 6.07) is 0. The van der Waals surface area contributed by atoms with Crippen LogP contribution in [-0.4, -0.2) is 27.4 Å². The second-order valence-electron chi connectivity index (χ2n) is 1.92. The fourth-order valence-electron chi connectivity index (χ4n) is 0.643. The van der Waals surface area contributed by atoms with Crippen LogP contribution in [0.4, 0.5) is 0 Å². The van der Waals surface area contributed by atoms with Gasteiger partial charge in [-0.2, -0.15) is 0 Å². The smallest absolute Gasteiger partial charge is 0.241 e. The summed E-state index contributed by atoms with van der Waals surface area (Å²) in [5.41, 5.74) is 0. The molecule has 1 saturated heterocycles. The molecule has 1 unspecified atom stereocenters. The summed E-state index contributed by atoms with van der Waals surface area (Å²) in [7, 11) is 1.71. The molecule has 0 saturated carbocycles. The summed E-state index contributed by atoms with van der Waals surface area (Å²) in [6.07, 6.45) is 0. The van der Waals surface area contributed by atoms with Gasteiger partial charge in [-0.3, -0.25) is 9.69 Å². The summed E-state index contributed by atoms with van der Waals surface area (Å²) in [4.78, 5) is 12.5. The Morgan fingerprint density at radius 3 is 2.44 bits per heavy atom. The molecular weight excluding hydrogens is 154 g/mol. The van der Waals surface area contributed by atoms with Crippen LogP contribution in [0.5, 0.6) is 0 Å². The Kier molecular flexibility index (Phi) is 1.77. The van der Waals surface area contributed by atoms with Gasteiger partial charge in [-0.1, -0.05) is 24.0 Å². The molecule has 1 fully saturated rings. The molecule has 9 heavy (non-hydrogen) atoms. The fraction of sp³-hybridized carbons (Fsp3) is 0.600. The summed E-state index contributed by atoms with van der Waals surface area (Å²) >= 11 is 6.31. The minimum absolute atomic E-state index is 0.0301. The standard InChI is InChI=1S/C5H7NOS2/c1-3-4(7)6(2)5(8)9-3/h3H,1-2H3. The van der Waals surface area contributed by atoms with Crippen LogP contribution in [0.3, 0.4) is 0 Å². The predicted molar refractivity (Wildman–Crippen MR) is 42.4 cm³/mol.